The van der Waals surface area contributed by atoms with E-state index in [1.54, 1.807) is 14.0 Å². The van der Waals surface area contributed by atoms with Crippen molar-refractivity contribution in [3.8, 4) is 11.5 Å². The Labute approximate surface area is 153 Å². The van der Waals surface area contributed by atoms with E-state index >= 15 is 0 Å². The molecule has 6 heteroatoms. The van der Waals surface area contributed by atoms with Crippen LogP contribution in [0.25, 0.3) is 0 Å². The van der Waals surface area contributed by atoms with Gasteiger partial charge in [-0.3, -0.25) is 4.79 Å². The fourth-order valence-corrected chi connectivity index (χ4v) is 3.22. The lowest BCUT2D eigenvalue weighted by atomic mass is 9.94. The summed E-state index contributed by atoms with van der Waals surface area (Å²) in [4.78, 5) is 22.8. The van der Waals surface area contributed by atoms with E-state index in [2.05, 4.69) is 0 Å². The van der Waals surface area contributed by atoms with Crippen molar-refractivity contribution >= 4 is 11.9 Å². The van der Waals surface area contributed by atoms with E-state index in [4.69, 9.17) is 14.6 Å². The number of methoxy groups -OCH3 is 1. The van der Waals surface area contributed by atoms with E-state index in [-0.39, 0.29) is 23.8 Å². The normalized spacial score (nSPS) is 14.8. The summed E-state index contributed by atoms with van der Waals surface area (Å²) >= 11 is 0. The molecule has 0 amide bonds. The second kappa shape index (κ2) is 8.25. The van der Waals surface area contributed by atoms with Gasteiger partial charge in [-0.05, 0) is 45.1 Å². The van der Waals surface area contributed by atoms with Crippen LogP contribution in [0.15, 0.2) is 11.6 Å². The van der Waals surface area contributed by atoms with Crippen molar-refractivity contribution in [1.82, 2.24) is 0 Å². The number of fused-ring (bicyclic) bond motifs is 1. The molecule has 0 spiro atoms. The molecule has 0 aromatic heterocycles. The predicted octanol–water partition coefficient (Wildman–Crippen LogP) is 3.76. The standard InChI is InChI=1S/C20H26O6/c1-11(6-5-7-12(2)19(22)23)8-9-14-17(21)16-15(10-26-20(16)24)13(3)18(14)25-4/h8,12,21H,5-7,9-10H2,1-4H3,(H,22,23)/b11-8+/t12-/m0/s1. The third-order valence-corrected chi connectivity index (χ3v) is 4.93. The number of carboxylic acid groups (broad SMARTS) is 1. The number of aromatic hydroxyl groups is 1. The van der Waals surface area contributed by atoms with Crippen LogP contribution >= 0.6 is 0 Å². The van der Waals surface area contributed by atoms with E-state index in [0.29, 0.717) is 29.7 Å². The molecule has 142 valence electrons. The van der Waals surface area contributed by atoms with Gasteiger partial charge >= 0.3 is 11.9 Å². The van der Waals surface area contributed by atoms with Crippen molar-refractivity contribution in [3.05, 3.63) is 33.9 Å². The van der Waals surface area contributed by atoms with Crippen LogP contribution in [-0.2, 0) is 22.6 Å². The molecule has 0 fully saturated rings. The lowest BCUT2D eigenvalue weighted by Gasteiger charge is -2.15. The maximum Gasteiger partial charge on any atom is 0.342 e. The summed E-state index contributed by atoms with van der Waals surface area (Å²) < 4.78 is 10.5. The van der Waals surface area contributed by atoms with Gasteiger partial charge in [-0.15, -0.1) is 0 Å². The molecule has 1 aliphatic heterocycles. The minimum Gasteiger partial charge on any atom is -0.507 e. The van der Waals surface area contributed by atoms with Gasteiger partial charge in [0, 0.05) is 11.1 Å². The number of allylic oxidation sites excluding steroid dienone is 2. The summed E-state index contributed by atoms with van der Waals surface area (Å²) in [5.41, 5.74) is 3.39. The first-order chi connectivity index (χ1) is 12.3. The van der Waals surface area contributed by atoms with Crippen LogP contribution in [0.2, 0.25) is 0 Å². The van der Waals surface area contributed by atoms with E-state index in [9.17, 15) is 14.7 Å². The number of phenolic OH excluding ortho intramolecular Hbond substituents is 1. The van der Waals surface area contributed by atoms with Gasteiger partial charge in [-0.25, -0.2) is 4.79 Å². The van der Waals surface area contributed by atoms with Crippen LogP contribution in [0.1, 0.15) is 60.2 Å². The minimum atomic E-state index is -0.776. The summed E-state index contributed by atoms with van der Waals surface area (Å²) in [6, 6.07) is 0. The van der Waals surface area contributed by atoms with Gasteiger partial charge in [0.05, 0.1) is 13.0 Å². The zero-order chi connectivity index (χ0) is 19.4. The maximum absolute atomic E-state index is 11.9. The summed E-state index contributed by atoms with van der Waals surface area (Å²) in [6.45, 7) is 5.69. The molecule has 0 saturated carbocycles. The van der Waals surface area contributed by atoms with E-state index < -0.39 is 11.9 Å². The Morgan fingerprint density at radius 2 is 2.12 bits per heavy atom. The SMILES string of the molecule is COc1c(C)c2c(c(O)c1C/C=C(\C)CCC[C@H](C)C(=O)O)C(=O)OC2. The van der Waals surface area contributed by atoms with Gasteiger partial charge in [0.2, 0.25) is 0 Å². The minimum absolute atomic E-state index is 0.0755. The topological polar surface area (TPSA) is 93.1 Å². The van der Waals surface area contributed by atoms with Crippen LogP contribution in [0.5, 0.6) is 11.5 Å². The van der Waals surface area contributed by atoms with Crippen LogP contribution in [0.3, 0.4) is 0 Å². The molecule has 0 radical (unpaired) electrons. The molecular formula is C20H26O6. The fourth-order valence-electron chi connectivity index (χ4n) is 3.22. The van der Waals surface area contributed by atoms with E-state index in [1.165, 1.54) is 0 Å². The fraction of sp³-hybridized carbons (Fsp3) is 0.500. The monoisotopic (exact) mass is 362 g/mol. The summed E-state index contributed by atoms with van der Waals surface area (Å²) in [6.07, 6.45) is 4.60. The number of phenols is 1. The number of ether oxygens (including phenoxy) is 2. The van der Waals surface area contributed by atoms with Crippen molar-refractivity contribution in [1.29, 1.82) is 0 Å². The molecule has 26 heavy (non-hydrogen) atoms. The number of esters is 1. The molecule has 2 rings (SSSR count). The molecule has 1 aliphatic rings. The predicted molar refractivity (Wildman–Crippen MR) is 96.6 cm³/mol. The van der Waals surface area contributed by atoms with Crippen molar-refractivity contribution < 1.29 is 29.3 Å². The Kier molecular flexibility index (Phi) is 6.29. The Hall–Kier alpha value is -2.50. The Bertz CT molecular complexity index is 747. The molecule has 0 unspecified atom stereocenters. The summed E-state index contributed by atoms with van der Waals surface area (Å²) in [5, 5.41) is 19.5. The highest BCUT2D eigenvalue weighted by atomic mass is 16.5. The van der Waals surface area contributed by atoms with Gasteiger partial charge in [0.1, 0.15) is 23.7 Å². The van der Waals surface area contributed by atoms with Gasteiger partial charge in [0.25, 0.3) is 0 Å². The number of rotatable bonds is 8. The highest BCUT2D eigenvalue weighted by Crippen LogP contribution is 2.42. The maximum atomic E-state index is 11.9. The molecule has 1 atom stereocenters. The smallest absolute Gasteiger partial charge is 0.342 e. The zero-order valence-electron chi connectivity index (χ0n) is 15.7. The third kappa shape index (κ3) is 4.00. The number of benzene rings is 1. The summed E-state index contributed by atoms with van der Waals surface area (Å²) in [7, 11) is 1.54. The van der Waals surface area contributed by atoms with Crippen molar-refractivity contribution in [2.75, 3.05) is 7.11 Å². The molecule has 1 aromatic rings. The largest absolute Gasteiger partial charge is 0.507 e. The molecule has 1 aromatic carbocycles. The van der Waals surface area contributed by atoms with Crippen LogP contribution in [0.4, 0.5) is 0 Å². The molecule has 0 bridgehead atoms. The first-order valence-corrected chi connectivity index (χ1v) is 8.74. The number of carbonyl (C=O) groups is 2. The average molecular weight is 362 g/mol. The van der Waals surface area contributed by atoms with E-state index in [0.717, 1.165) is 24.0 Å². The molecule has 6 nitrogen and oxygen atoms in total. The van der Waals surface area contributed by atoms with Crippen molar-refractivity contribution in [3.63, 3.8) is 0 Å². The number of hydrogen-bond donors (Lipinski definition) is 2. The molecule has 2 N–H and O–H groups in total. The highest BCUT2D eigenvalue weighted by Gasteiger charge is 2.31. The first-order valence-electron chi connectivity index (χ1n) is 8.74. The quantitative estimate of drug-likeness (QED) is 0.540. The van der Waals surface area contributed by atoms with Crippen LogP contribution < -0.4 is 4.74 Å². The third-order valence-electron chi connectivity index (χ3n) is 4.93. The highest BCUT2D eigenvalue weighted by molar-refractivity contribution is 5.98. The second-order valence-corrected chi connectivity index (χ2v) is 6.80. The molecule has 1 heterocycles. The summed E-state index contributed by atoms with van der Waals surface area (Å²) in [5.74, 6) is -1.14. The Balaban J connectivity index is 2.16. The van der Waals surface area contributed by atoms with Crippen molar-refractivity contribution in [2.24, 2.45) is 5.92 Å². The Morgan fingerprint density at radius 3 is 2.73 bits per heavy atom. The van der Waals surface area contributed by atoms with Crippen LogP contribution in [0, 0.1) is 12.8 Å². The average Bonchev–Trinajstić information content (AvgIpc) is 2.98. The van der Waals surface area contributed by atoms with Crippen LogP contribution in [-0.4, -0.2) is 29.3 Å². The molecule has 0 saturated heterocycles. The first kappa shape index (κ1) is 19.8. The Morgan fingerprint density at radius 1 is 1.42 bits per heavy atom. The number of carboxylic acids is 1. The number of hydrogen-bond acceptors (Lipinski definition) is 5. The number of cyclic esters (lactones) is 1. The van der Waals surface area contributed by atoms with Gasteiger partial charge in [-0.1, -0.05) is 18.6 Å². The van der Waals surface area contributed by atoms with Crippen molar-refractivity contribution in [2.45, 2.75) is 53.1 Å². The molecular weight excluding hydrogens is 336 g/mol. The lowest BCUT2D eigenvalue weighted by Crippen LogP contribution is -2.08. The second-order valence-electron chi connectivity index (χ2n) is 6.80. The number of aliphatic carboxylic acids is 1. The number of carbonyl (C=O) groups excluding carboxylic acids is 1. The zero-order valence-corrected chi connectivity index (χ0v) is 15.7. The lowest BCUT2D eigenvalue weighted by molar-refractivity contribution is -0.141. The van der Waals surface area contributed by atoms with Gasteiger partial charge < -0.3 is 19.7 Å². The van der Waals surface area contributed by atoms with Gasteiger partial charge in [-0.2, -0.15) is 0 Å². The van der Waals surface area contributed by atoms with E-state index in [1.807, 2.05) is 19.9 Å². The molecule has 0 aliphatic carbocycles. The van der Waals surface area contributed by atoms with Gasteiger partial charge in [0.15, 0.2) is 0 Å².